The van der Waals surface area contributed by atoms with Gasteiger partial charge in [0.25, 0.3) is 0 Å². The van der Waals surface area contributed by atoms with Crippen molar-refractivity contribution in [3.05, 3.63) is 58.7 Å². The van der Waals surface area contributed by atoms with Crippen molar-refractivity contribution in [1.82, 2.24) is 0 Å². The van der Waals surface area contributed by atoms with Crippen LogP contribution in [0.4, 0.5) is 0 Å². The van der Waals surface area contributed by atoms with Crippen molar-refractivity contribution >= 4 is 11.8 Å². The van der Waals surface area contributed by atoms with E-state index in [2.05, 4.69) is 13.8 Å². The molecule has 2 aromatic carbocycles. The van der Waals surface area contributed by atoms with Crippen LogP contribution in [0.3, 0.4) is 0 Å². The molecule has 5 nitrogen and oxygen atoms in total. The van der Waals surface area contributed by atoms with Gasteiger partial charge in [-0.3, -0.25) is 4.79 Å². The standard InChI is InChI=1S/C12H14O2.C11H12O3/c1-8(13)9-4-5-11-10(6-9)12(2,3)7-14-11;1-11(2)6-14-9-4-3-7(10(12)13)5-8(9)11/h4-6H,7H2,1-3H3;3-5H,6H2,1-2H3,(H,12,13). The van der Waals surface area contributed by atoms with Crippen molar-refractivity contribution in [2.75, 3.05) is 13.2 Å². The number of ketones is 1. The molecule has 0 bridgehead atoms. The third kappa shape index (κ3) is 3.75. The third-order valence-electron chi connectivity index (χ3n) is 5.25. The molecule has 2 aliphatic heterocycles. The zero-order valence-corrected chi connectivity index (χ0v) is 17.0. The number of hydrogen-bond acceptors (Lipinski definition) is 4. The lowest BCUT2D eigenvalue weighted by atomic mass is 9.86. The lowest BCUT2D eigenvalue weighted by molar-refractivity contribution is 0.0696. The Morgan fingerprint density at radius 3 is 1.68 bits per heavy atom. The van der Waals surface area contributed by atoms with Crippen LogP contribution in [0.5, 0.6) is 11.5 Å². The van der Waals surface area contributed by atoms with Gasteiger partial charge in [-0.1, -0.05) is 27.7 Å². The summed E-state index contributed by atoms with van der Waals surface area (Å²) >= 11 is 0. The number of hydrogen-bond donors (Lipinski definition) is 1. The molecule has 0 aliphatic carbocycles. The number of carboxylic acids is 1. The van der Waals surface area contributed by atoms with E-state index in [1.54, 1.807) is 25.1 Å². The molecule has 2 aliphatic rings. The number of carbonyl (C=O) groups is 2. The van der Waals surface area contributed by atoms with Gasteiger partial charge in [-0.05, 0) is 43.3 Å². The minimum Gasteiger partial charge on any atom is -0.492 e. The second kappa shape index (κ2) is 6.97. The van der Waals surface area contributed by atoms with Crippen LogP contribution in [0.25, 0.3) is 0 Å². The molecule has 0 saturated heterocycles. The largest absolute Gasteiger partial charge is 0.492 e. The summed E-state index contributed by atoms with van der Waals surface area (Å²) in [4.78, 5) is 22.0. The average Bonchev–Trinajstić information content (AvgIpc) is 3.11. The summed E-state index contributed by atoms with van der Waals surface area (Å²) in [5.41, 5.74) is 3.16. The number of rotatable bonds is 2. The maximum absolute atomic E-state index is 11.2. The van der Waals surface area contributed by atoms with Crippen molar-refractivity contribution < 1.29 is 24.2 Å². The van der Waals surface area contributed by atoms with Gasteiger partial charge in [0, 0.05) is 27.5 Å². The van der Waals surface area contributed by atoms with E-state index in [0.29, 0.717) is 18.8 Å². The molecule has 0 aromatic heterocycles. The Kier molecular flexibility index (Phi) is 4.96. The zero-order valence-electron chi connectivity index (χ0n) is 17.0. The first-order valence-corrected chi connectivity index (χ1v) is 9.30. The predicted molar refractivity (Wildman–Crippen MR) is 107 cm³/mol. The smallest absolute Gasteiger partial charge is 0.335 e. The summed E-state index contributed by atoms with van der Waals surface area (Å²) in [6.07, 6.45) is 0. The fourth-order valence-corrected chi connectivity index (χ4v) is 3.39. The number of benzene rings is 2. The monoisotopic (exact) mass is 382 g/mol. The van der Waals surface area contributed by atoms with E-state index in [1.807, 2.05) is 32.0 Å². The van der Waals surface area contributed by atoms with Crippen LogP contribution in [0.1, 0.15) is 66.5 Å². The van der Waals surface area contributed by atoms with Gasteiger partial charge in [0.2, 0.25) is 0 Å². The van der Waals surface area contributed by atoms with Crippen molar-refractivity contribution in [2.45, 2.75) is 45.4 Å². The number of Topliss-reactive ketones (excluding diaryl/α,β-unsaturated/α-hetero) is 1. The topological polar surface area (TPSA) is 72.8 Å². The van der Waals surface area contributed by atoms with E-state index < -0.39 is 5.97 Å². The molecule has 0 saturated carbocycles. The highest BCUT2D eigenvalue weighted by atomic mass is 16.5. The van der Waals surface area contributed by atoms with Crippen LogP contribution in [-0.4, -0.2) is 30.1 Å². The molecule has 0 atom stereocenters. The molecule has 5 heteroatoms. The second-order valence-corrected chi connectivity index (χ2v) is 8.63. The minimum atomic E-state index is -0.893. The van der Waals surface area contributed by atoms with Crippen molar-refractivity contribution in [3.8, 4) is 11.5 Å². The average molecular weight is 382 g/mol. The molecule has 1 N–H and O–H groups in total. The summed E-state index contributed by atoms with van der Waals surface area (Å²) in [6, 6.07) is 10.7. The Hall–Kier alpha value is -2.82. The minimum absolute atomic E-state index is 0.0286. The molecule has 0 spiro atoms. The van der Waals surface area contributed by atoms with E-state index >= 15 is 0 Å². The maximum Gasteiger partial charge on any atom is 0.335 e. The number of carboxylic acid groups (broad SMARTS) is 1. The van der Waals surface area contributed by atoms with Crippen LogP contribution >= 0.6 is 0 Å². The van der Waals surface area contributed by atoms with Crippen molar-refractivity contribution in [1.29, 1.82) is 0 Å². The van der Waals surface area contributed by atoms with Crippen molar-refractivity contribution in [2.24, 2.45) is 0 Å². The van der Waals surface area contributed by atoms with E-state index in [1.165, 1.54) is 0 Å². The molecule has 2 heterocycles. The highest BCUT2D eigenvalue weighted by molar-refractivity contribution is 5.94. The van der Waals surface area contributed by atoms with Crippen LogP contribution in [0, 0.1) is 0 Å². The summed E-state index contributed by atoms with van der Waals surface area (Å²) < 4.78 is 11.0. The SMILES string of the molecule is CC(=O)c1ccc2c(c1)C(C)(C)CO2.CC1(C)COc2ccc(C(=O)O)cc21. The van der Waals surface area contributed by atoms with Gasteiger partial charge in [0.05, 0.1) is 18.8 Å². The lowest BCUT2D eigenvalue weighted by Crippen LogP contribution is -2.18. The van der Waals surface area contributed by atoms with Crippen LogP contribution in [0.2, 0.25) is 0 Å². The number of ether oxygens (including phenoxy) is 2. The van der Waals surface area contributed by atoms with E-state index in [9.17, 15) is 9.59 Å². The number of carbonyl (C=O) groups excluding carboxylic acids is 1. The quantitative estimate of drug-likeness (QED) is 0.768. The summed E-state index contributed by atoms with van der Waals surface area (Å²) in [7, 11) is 0. The zero-order chi connectivity index (χ0) is 20.7. The van der Waals surface area contributed by atoms with E-state index in [-0.39, 0.29) is 16.6 Å². The Morgan fingerprint density at radius 1 is 0.821 bits per heavy atom. The fraction of sp³-hybridized carbons (Fsp3) is 0.391. The first-order chi connectivity index (χ1) is 13.0. The molecule has 0 amide bonds. The van der Waals surface area contributed by atoms with Gasteiger partial charge in [-0.2, -0.15) is 0 Å². The van der Waals surface area contributed by atoms with Gasteiger partial charge in [0.1, 0.15) is 11.5 Å². The Balaban J connectivity index is 0.000000161. The summed E-state index contributed by atoms with van der Waals surface area (Å²) in [5.74, 6) is 0.936. The van der Waals surface area contributed by atoms with Gasteiger partial charge in [0.15, 0.2) is 5.78 Å². The molecule has 148 valence electrons. The van der Waals surface area contributed by atoms with Gasteiger partial charge < -0.3 is 14.6 Å². The first kappa shape index (κ1) is 19.9. The second-order valence-electron chi connectivity index (χ2n) is 8.63. The van der Waals surface area contributed by atoms with Crippen molar-refractivity contribution in [3.63, 3.8) is 0 Å². The summed E-state index contributed by atoms with van der Waals surface area (Å²) in [6.45, 7) is 11.3. The molecule has 28 heavy (non-hydrogen) atoms. The lowest BCUT2D eigenvalue weighted by Gasteiger charge is -2.15. The van der Waals surface area contributed by atoms with Crippen LogP contribution < -0.4 is 9.47 Å². The Labute approximate surface area is 165 Å². The van der Waals surface area contributed by atoms with Gasteiger partial charge in [-0.25, -0.2) is 4.79 Å². The Morgan fingerprint density at radius 2 is 1.25 bits per heavy atom. The predicted octanol–water partition coefficient (Wildman–Crippen LogP) is 4.61. The van der Waals surface area contributed by atoms with E-state index in [4.69, 9.17) is 14.6 Å². The number of fused-ring (bicyclic) bond motifs is 2. The molecule has 0 radical (unpaired) electrons. The van der Waals surface area contributed by atoms with Gasteiger partial charge in [-0.15, -0.1) is 0 Å². The molecule has 0 unspecified atom stereocenters. The first-order valence-electron chi connectivity index (χ1n) is 9.30. The molecular weight excluding hydrogens is 356 g/mol. The molecular formula is C23H26O5. The Bertz CT molecular complexity index is 863. The highest BCUT2D eigenvalue weighted by Gasteiger charge is 2.33. The summed E-state index contributed by atoms with van der Waals surface area (Å²) in [5, 5.41) is 8.85. The van der Waals surface area contributed by atoms with Gasteiger partial charge >= 0.3 is 5.97 Å². The van der Waals surface area contributed by atoms with Crippen LogP contribution in [0.15, 0.2) is 36.4 Å². The molecule has 0 fully saturated rings. The highest BCUT2D eigenvalue weighted by Crippen LogP contribution is 2.39. The normalized spacial score (nSPS) is 17.3. The molecule has 4 rings (SSSR count). The third-order valence-corrected chi connectivity index (χ3v) is 5.25. The van der Waals surface area contributed by atoms with Crippen LogP contribution in [-0.2, 0) is 10.8 Å². The number of aromatic carboxylic acids is 1. The maximum atomic E-state index is 11.2. The molecule has 2 aromatic rings. The van der Waals surface area contributed by atoms with E-state index in [0.717, 1.165) is 28.2 Å². The fourth-order valence-electron chi connectivity index (χ4n) is 3.39.